The van der Waals surface area contributed by atoms with Crippen molar-refractivity contribution in [3.05, 3.63) is 23.9 Å². The van der Waals surface area contributed by atoms with Gasteiger partial charge in [-0.1, -0.05) is 5.92 Å². The molecule has 0 saturated heterocycles. The van der Waals surface area contributed by atoms with Crippen LogP contribution in [0.25, 0.3) is 0 Å². The number of hydrogen-bond donors (Lipinski definition) is 2. The van der Waals surface area contributed by atoms with Crippen LogP contribution in [-0.2, 0) is 4.79 Å². The first-order valence-corrected chi connectivity index (χ1v) is 4.06. The molecule has 1 amide bonds. The lowest BCUT2D eigenvalue weighted by molar-refractivity contribution is -0.111. The lowest BCUT2D eigenvalue weighted by Crippen LogP contribution is -2.10. The van der Waals surface area contributed by atoms with Gasteiger partial charge >= 0.3 is 11.9 Å². The fourth-order valence-corrected chi connectivity index (χ4v) is 0.893. The number of anilines is 1. The van der Waals surface area contributed by atoms with Gasteiger partial charge in [0.15, 0.2) is 0 Å². The molecule has 2 N–H and O–H groups in total. The zero-order chi connectivity index (χ0) is 11.3. The van der Waals surface area contributed by atoms with Gasteiger partial charge in [-0.3, -0.25) is 10.1 Å². The third kappa shape index (κ3) is 3.12. The minimum Gasteiger partial charge on any atom is -0.478 e. The first-order valence-electron chi connectivity index (χ1n) is 4.06. The van der Waals surface area contributed by atoms with Gasteiger partial charge in [-0.05, 0) is 25.0 Å². The third-order valence-corrected chi connectivity index (χ3v) is 1.49. The number of carboxylic acids is 1. The summed E-state index contributed by atoms with van der Waals surface area (Å²) in [7, 11) is 0. The van der Waals surface area contributed by atoms with Crippen molar-refractivity contribution in [3.63, 3.8) is 0 Å². The SMILES string of the molecule is CC#CC(=O)Nc1cc(C(=O)O)ccn1. The Morgan fingerprint density at radius 3 is 2.87 bits per heavy atom. The van der Waals surface area contributed by atoms with Gasteiger partial charge in [0.1, 0.15) is 5.82 Å². The normalized spacial score (nSPS) is 8.60. The number of carbonyl (C=O) groups excluding carboxylic acids is 1. The summed E-state index contributed by atoms with van der Waals surface area (Å²) in [6.07, 6.45) is 1.30. The van der Waals surface area contributed by atoms with Gasteiger partial charge in [0, 0.05) is 6.20 Å². The monoisotopic (exact) mass is 204 g/mol. The second kappa shape index (κ2) is 4.77. The molecule has 1 heterocycles. The van der Waals surface area contributed by atoms with Crippen LogP contribution in [0.4, 0.5) is 5.82 Å². The minimum absolute atomic E-state index is 0.0600. The van der Waals surface area contributed by atoms with Crippen LogP contribution in [0.1, 0.15) is 17.3 Å². The van der Waals surface area contributed by atoms with Crippen molar-refractivity contribution < 1.29 is 14.7 Å². The molecule has 1 rings (SSSR count). The number of pyridine rings is 1. The zero-order valence-corrected chi connectivity index (χ0v) is 7.94. The molecule has 0 aliphatic heterocycles. The average Bonchev–Trinajstić information content (AvgIpc) is 2.18. The van der Waals surface area contributed by atoms with E-state index in [0.717, 1.165) is 0 Å². The summed E-state index contributed by atoms with van der Waals surface area (Å²) >= 11 is 0. The predicted octanol–water partition coefficient (Wildman–Crippen LogP) is 0.742. The molecule has 0 aliphatic rings. The maximum absolute atomic E-state index is 11.0. The lowest BCUT2D eigenvalue weighted by Gasteiger charge is -2.00. The average molecular weight is 204 g/mol. The largest absolute Gasteiger partial charge is 0.478 e. The molecule has 0 atom stereocenters. The molecule has 5 nitrogen and oxygen atoms in total. The Labute approximate surface area is 86.1 Å². The summed E-state index contributed by atoms with van der Waals surface area (Å²) in [6.45, 7) is 1.53. The van der Waals surface area contributed by atoms with Gasteiger partial charge in [0.2, 0.25) is 0 Å². The van der Waals surface area contributed by atoms with E-state index in [2.05, 4.69) is 22.1 Å². The highest BCUT2D eigenvalue weighted by Crippen LogP contribution is 2.06. The van der Waals surface area contributed by atoms with Crippen molar-refractivity contribution >= 4 is 17.7 Å². The summed E-state index contributed by atoms with van der Waals surface area (Å²) in [5, 5.41) is 11.0. The number of aromatic nitrogens is 1. The number of amides is 1. The smallest absolute Gasteiger partial charge is 0.335 e. The molecule has 0 saturated carbocycles. The van der Waals surface area contributed by atoms with Crippen LogP contribution in [0.15, 0.2) is 18.3 Å². The Kier molecular flexibility index (Phi) is 3.41. The van der Waals surface area contributed by atoms with Crippen molar-refractivity contribution in [2.24, 2.45) is 0 Å². The van der Waals surface area contributed by atoms with Crippen molar-refractivity contribution in [2.45, 2.75) is 6.92 Å². The van der Waals surface area contributed by atoms with E-state index in [1.807, 2.05) is 0 Å². The highest BCUT2D eigenvalue weighted by atomic mass is 16.4. The minimum atomic E-state index is -1.07. The molecule has 0 aromatic carbocycles. The molecular weight excluding hydrogens is 196 g/mol. The van der Waals surface area contributed by atoms with E-state index in [1.165, 1.54) is 25.3 Å². The number of nitrogens with one attached hydrogen (secondary N) is 1. The molecule has 15 heavy (non-hydrogen) atoms. The summed E-state index contributed by atoms with van der Waals surface area (Å²) < 4.78 is 0. The van der Waals surface area contributed by atoms with Crippen molar-refractivity contribution in [1.82, 2.24) is 4.98 Å². The van der Waals surface area contributed by atoms with Crippen LogP contribution in [-0.4, -0.2) is 22.0 Å². The Bertz CT molecular complexity index is 457. The van der Waals surface area contributed by atoms with Crippen molar-refractivity contribution in [1.29, 1.82) is 0 Å². The quantitative estimate of drug-likeness (QED) is 0.696. The van der Waals surface area contributed by atoms with Gasteiger partial charge in [-0.15, -0.1) is 0 Å². The molecular formula is C10H8N2O3. The number of carboxylic acid groups (broad SMARTS) is 1. The predicted molar refractivity (Wildman–Crippen MR) is 53.3 cm³/mol. The summed E-state index contributed by atoms with van der Waals surface area (Å²) in [5.74, 6) is 3.25. The molecule has 0 spiro atoms. The fraction of sp³-hybridized carbons (Fsp3) is 0.100. The van der Waals surface area contributed by atoms with E-state index >= 15 is 0 Å². The zero-order valence-electron chi connectivity index (χ0n) is 7.94. The van der Waals surface area contributed by atoms with Crippen LogP contribution >= 0.6 is 0 Å². The number of carbonyl (C=O) groups is 2. The molecule has 1 aromatic rings. The topological polar surface area (TPSA) is 79.3 Å². The Balaban J connectivity index is 2.85. The molecule has 1 aromatic heterocycles. The van der Waals surface area contributed by atoms with E-state index in [-0.39, 0.29) is 11.4 Å². The van der Waals surface area contributed by atoms with Crippen LogP contribution in [0, 0.1) is 11.8 Å². The van der Waals surface area contributed by atoms with E-state index < -0.39 is 11.9 Å². The van der Waals surface area contributed by atoms with Crippen molar-refractivity contribution in [2.75, 3.05) is 5.32 Å². The molecule has 0 fully saturated rings. The van der Waals surface area contributed by atoms with E-state index in [1.54, 1.807) is 0 Å². The molecule has 0 unspecified atom stereocenters. The molecule has 0 aliphatic carbocycles. The number of rotatable bonds is 2. The van der Waals surface area contributed by atoms with Gasteiger partial charge in [0.05, 0.1) is 5.56 Å². The molecule has 0 radical (unpaired) electrons. The second-order valence-electron chi connectivity index (χ2n) is 2.56. The van der Waals surface area contributed by atoms with Gasteiger partial charge in [-0.25, -0.2) is 9.78 Å². The van der Waals surface area contributed by atoms with Gasteiger partial charge in [-0.2, -0.15) is 0 Å². The second-order valence-corrected chi connectivity index (χ2v) is 2.56. The molecule has 0 bridgehead atoms. The van der Waals surface area contributed by atoms with Gasteiger partial charge < -0.3 is 5.11 Å². The summed E-state index contributed by atoms with van der Waals surface area (Å²) in [4.78, 5) is 25.4. The van der Waals surface area contributed by atoms with Crippen LogP contribution in [0.3, 0.4) is 0 Å². The highest BCUT2D eigenvalue weighted by molar-refractivity contribution is 6.03. The van der Waals surface area contributed by atoms with E-state index in [9.17, 15) is 9.59 Å². The summed E-state index contributed by atoms with van der Waals surface area (Å²) in [5.41, 5.74) is 0.0600. The molecule has 76 valence electrons. The Hall–Kier alpha value is -2.35. The maximum Gasteiger partial charge on any atom is 0.335 e. The van der Waals surface area contributed by atoms with Crippen molar-refractivity contribution in [3.8, 4) is 11.8 Å². The third-order valence-electron chi connectivity index (χ3n) is 1.49. The van der Waals surface area contributed by atoms with E-state index in [4.69, 9.17) is 5.11 Å². The van der Waals surface area contributed by atoms with Crippen LogP contribution in [0.2, 0.25) is 0 Å². The van der Waals surface area contributed by atoms with Crippen LogP contribution < -0.4 is 5.32 Å². The summed E-state index contributed by atoms with van der Waals surface area (Å²) in [6, 6.07) is 2.60. The number of aromatic carboxylic acids is 1. The highest BCUT2D eigenvalue weighted by Gasteiger charge is 2.05. The van der Waals surface area contributed by atoms with Crippen LogP contribution in [0.5, 0.6) is 0 Å². The Morgan fingerprint density at radius 2 is 2.27 bits per heavy atom. The first-order chi connectivity index (χ1) is 7.13. The maximum atomic E-state index is 11.0. The van der Waals surface area contributed by atoms with Gasteiger partial charge in [0.25, 0.3) is 0 Å². The molecule has 5 heteroatoms. The number of hydrogen-bond acceptors (Lipinski definition) is 3. The lowest BCUT2D eigenvalue weighted by atomic mass is 10.2. The van der Waals surface area contributed by atoms with E-state index in [0.29, 0.717) is 0 Å². The standard InChI is InChI=1S/C10H8N2O3/c1-2-3-9(13)12-8-6-7(10(14)15)4-5-11-8/h4-6H,1H3,(H,14,15)(H,11,12,13). The fourth-order valence-electron chi connectivity index (χ4n) is 0.893. The first kappa shape index (κ1) is 10.7. The number of nitrogens with zero attached hydrogens (tertiary/aromatic N) is 1. The Morgan fingerprint density at radius 1 is 1.53 bits per heavy atom.